The van der Waals surface area contributed by atoms with E-state index in [1.54, 1.807) is 6.20 Å². The van der Waals surface area contributed by atoms with Gasteiger partial charge in [-0.25, -0.2) is 4.98 Å². The quantitative estimate of drug-likeness (QED) is 0.927. The van der Waals surface area contributed by atoms with Gasteiger partial charge in [-0.3, -0.25) is 4.90 Å². The molecule has 1 aromatic carbocycles. The van der Waals surface area contributed by atoms with Gasteiger partial charge in [-0.15, -0.1) is 0 Å². The molecule has 18 heavy (non-hydrogen) atoms. The van der Waals surface area contributed by atoms with E-state index in [0.717, 1.165) is 24.1 Å². The van der Waals surface area contributed by atoms with Gasteiger partial charge in [0.2, 0.25) is 0 Å². The van der Waals surface area contributed by atoms with Crippen molar-refractivity contribution in [2.24, 2.45) is 0 Å². The lowest BCUT2D eigenvalue weighted by Crippen LogP contribution is -2.15. The Balaban J connectivity index is 1.74. The van der Waals surface area contributed by atoms with E-state index < -0.39 is 0 Å². The molecule has 0 saturated heterocycles. The highest BCUT2D eigenvalue weighted by atomic mass is 79.9. The molecule has 0 unspecified atom stereocenters. The molecule has 0 bridgehead atoms. The van der Waals surface area contributed by atoms with Gasteiger partial charge in [-0.2, -0.15) is 0 Å². The van der Waals surface area contributed by atoms with E-state index >= 15 is 0 Å². The molecule has 0 amide bonds. The number of pyridine rings is 1. The van der Waals surface area contributed by atoms with Gasteiger partial charge in [0.05, 0.1) is 0 Å². The molecule has 2 aromatic rings. The Morgan fingerprint density at radius 1 is 1.17 bits per heavy atom. The number of hydrogen-bond donors (Lipinski definition) is 1. The van der Waals surface area contributed by atoms with Crippen LogP contribution in [0, 0.1) is 0 Å². The summed E-state index contributed by atoms with van der Waals surface area (Å²) in [6, 6.07) is 10.5. The molecule has 2 N–H and O–H groups in total. The maximum absolute atomic E-state index is 5.70. The standard InChI is InChI=1S/C14H14BrN3/c15-13-2-1-11-8-18(9-12(11)6-13)7-10-3-4-17-14(16)5-10/h1-6H,7-9H2,(H2,16,17). The number of aromatic nitrogens is 1. The summed E-state index contributed by atoms with van der Waals surface area (Å²) in [6.07, 6.45) is 1.77. The maximum Gasteiger partial charge on any atom is 0.123 e. The minimum absolute atomic E-state index is 0.590. The number of hydrogen-bond acceptors (Lipinski definition) is 3. The smallest absolute Gasteiger partial charge is 0.123 e. The average molecular weight is 304 g/mol. The van der Waals surface area contributed by atoms with Gasteiger partial charge in [0.1, 0.15) is 5.82 Å². The molecule has 4 heteroatoms. The molecule has 3 rings (SSSR count). The second-order valence-electron chi connectivity index (χ2n) is 4.65. The second kappa shape index (κ2) is 4.71. The van der Waals surface area contributed by atoms with Crippen LogP contribution in [-0.2, 0) is 19.6 Å². The van der Waals surface area contributed by atoms with Crippen LogP contribution in [0.4, 0.5) is 5.82 Å². The van der Waals surface area contributed by atoms with Crippen molar-refractivity contribution < 1.29 is 0 Å². The highest BCUT2D eigenvalue weighted by molar-refractivity contribution is 9.10. The fourth-order valence-corrected chi connectivity index (χ4v) is 2.80. The SMILES string of the molecule is Nc1cc(CN2Cc3ccc(Br)cc3C2)ccn1. The molecular weight excluding hydrogens is 290 g/mol. The fourth-order valence-electron chi connectivity index (χ4n) is 2.40. The lowest BCUT2D eigenvalue weighted by molar-refractivity contribution is 0.275. The molecule has 3 nitrogen and oxygen atoms in total. The summed E-state index contributed by atoms with van der Waals surface area (Å²) in [6.45, 7) is 2.92. The van der Waals surface area contributed by atoms with E-state index in [1.807, 2.05) is 12.1 Å². The molecule has 1 aromatic heterocycles. The third kappa shape index (κ3) is 2.40. The van der Waals surface area contributed by atoms with Crippen molar-refractivity contribution in [1.29, 1.82) is 0 Å². The lowest BCUT2D eigenvalue weighted by Gasteiger charge is -2.14. The van der Waals surface area contributed by atoms with Crippen molar-refractivity contribution in [1.82, 2.24) is 9.88 Å². The monoisotopic (exact) mass is 303 g/mol. The van der Waals surface area contributed by atoms with E-state index in [4.69, 9.17) is 5.73 Å². The van der Waals surface area contributed by atoms with Gasteiger partial charge in [0.15, 0.2) is 0 Å². The van der Waals surface area contributed by atoms with Gasteiger partial charge < -0.3 is 5.73 Å². The third-order valence-corrected chi connectivity index (χ3v) is 3.70. The first kappa shape index (κ1) is 11.7. The molecule has 0 aliphatic carbocycles. The summed E-state index contributed by atoms with van der Waals surface area (Å²) < 4.78 is 1.15. The molecule has 2 heterocycles. The molecule has 1 aliphatic rings. The third-order valence-electron chi connectivity index (χ3n) is 3.21. The van der Waals surface area contributed by atoms with Crippen molar-refractivity contribution >= 4 is 21.7 Å². The first-order valence-corrected chi connectivity index (χ1v) is 6.70. The summed E-state index contributed by atoms with van der Waals surface area (Å²) in [4.78, 5) is 6.43. The summed E-state index contributed by atoms with van der Waals surface area (Å²) >= 11 is 3.52. The van der Waals surface area contributed by atoms with Crippen LogP contribution < -0.4 is 5.73 Å². The Morgan fingerprint density at radius 2 is 2.00 bits per heavy atom. The number of halogens is 1. The van der Waals surface area contributed by atoms with Crippen LogP contribution in [-0.4, -0.2) is 9.88 Å². The Hall–Kier alpha value is -1.39. The van der Waals surface area contributed by atoms with E-state index in [2.05, 4.69) is 44.0 Å². The number of nitrogen functional groups attached to an aromatic ring is 1. The van der Waals surface area contributed by atoms with Crippen LogP contribution in [0.25, 0.3) is 0 Å². The van der Waals surface area contributed by atoms with Crippen molar-refractivity contribution in [2.75, 3.05) is 5.73 Å². The predicted molar refractivity (Wildman–Crippen MR) is 75.7 cm³/mol. The van der Waals surface area contributed by atoms with Crippen molar-refractivity contribution in [2.45, 2.75) is 19.6 Å². The van der Waals surface area contributed by atoms with E-state index in [1.165, 1.54) is 16.7 Å². The molecule has 0 spiro atoms. The van der Waals surface area contributed by atoms with Crippen LogP contribution in [0.1, 0.15) is 16.7 Å². The van der Waals surface area contributed by atoms with Gasteiger partial charge in [0.25, 0.3) is 0 Å². The summed E-state index contributed by atoms with van der Waals surface area (Å²) in [5.41, 5.74) is 9.74. The van der Waals surface area contributed by atoms with Crippen LogP contribution in [0.2, 0.25) is 0 Å². The molecule has 0 saturated carbocycles. The first-order valence-electron chi connectivity index (χ1n) is 5.91. The molecule has 1 aliphatic heterocycles. The number of rotatable bonds is 2. The highest BCUT2D eigenvalue weighted by Crippen LogP contribution is 2.27. The Bertz CT molecular complexity index is 583. The first-order chi connectivity index (χ1) is 8.70. The van der Waals surface area contributed by atoms with Crippen LogP contribution in [0.5, 0.6) is 0 Å². The summed E-state index contributed by atoms with van der Waals surface area (Å²) in [5, 5.41) is 0. The predicted octanol–water partition coefficient (Wildman–Crippen LogP) is 2.94. The highest BCUT2D eigenvalue weighted by Gasteiger charge is 2.18. The Labute approximate surface area is 115 Å². The Kier molecular flexibility index (Phi) is 3.06. The van der Waals surface area contributed by atoms with Crippen molar-refractivity contribution in [3.8, 4) is 0 Å². The Morgan fingerprint density at radius 3 is 2.83 bits per heavy atom. The van der Waals surface area contributed by atoms with Crippen LogP contribution >= 0.6 is 15.9 Å². The van der Waals surface area contributed by atoms with E-state index in [0.29, 0.717) is 5.82 Å². The zero-order chi connectivity index (χ0) is 12.5. The average Bonchev–Trinajstić information content (AvgIpc) is 2.70. The zero-order valence-corrected chi connectivity index (χ0v) is 11.5. The molecule has 92 valence electrons. The molecular formula is C14H14BrN3. The largest absolute Gasteiger partial charge is 0.384 e. The van der Waals surface area contributed by atoms with Crippen molar-refractivity contribution in [3.05, 3.63) is 57.7 Å². The summed E-state index contributed by atoms with van der Waals surface area (Å²) in [5.74, 6) is 0.590. The maximum atomic E-state index is 5.70. The number of nitrogens with zero attached hydrogens (tertiary/aromatic N) is 2. The second-order valence-corrected chi connectivity index (χ2v) is 5.56. The zero-order valence-electron chi connectivity index (χ0n) is 9.94. The van der Waals surface area contributed by atoms with Gasteiger partial charge in [-0.05, 0) is 41.0 Å². The van der Waals surface area contributed by atoms with Gasteiger partial charge in [-0.1, -0.05) is 22.0 Å². The normalized spacial score (nSPS) is 14.7. The number of benzene rings is 1. The number of fused-ring (bicyclic) bond motifs is 1. The van der Waals surface area contributed by atoms with Crippen LogP contribution in [0.3, 0.4) is 0 Å². The lowest BCUT2D eigenvalue weighted by atomic mass is 10.1. The van der Waals surface area contributed by atoms with Crippen LogP contribution in [0.15, 0.2) is 41.0 Å². The molecule has 0 fully saturated rings. The van der Waals surface area contributed by atoms with E-state index in [-0.39, 0.29) is 0 Å². The van der Waals surface area contributed by atoms with Crippen molar-refractivity contribution in [3.63, 3.8) is 0 Å². The number of anilines is 1. The topological polar surface area (TPSA) is 42.1 Å². The fraction of sp³-hybridized carbons (Fsp3) is 0.214. The molecule has 0 atom stereocenters. The minimum Gasteiger partial charge on any atom is -0.384 e. The molecule has 0 radical (unpaired) electrons. The number of nitrogens with two attached hydrogens (primary N) is 1. The summed E-state index contributed by atoms with van der Waals surface area (Å²) in [7, 11) is 0. The van der Waals surface area contributed by atoms with Gasteiger partial charge >= 0.3 is 0 Å². The van der Waals surface area contributed by atoms with E-state index in [9.17, 15) is 0 Å². The minimum atomic E-state index is 0.590. The van der Waals surface area contributed by atoms with Gasteiger partial charge in [0, 0.05) is 30.3 Å².